The van der Waals surface area contributed by atoms with Crippen LogP contribution in [0, 0.1) is 6.92 Å². The molecule has 0 radical (unpaired) electrons. The highest BCUT2D eigenvalue weighted by Gasteiger charge is 2.29. The standard InChI is InChI=1S/C17H18N6O3S2/c1-8-6-28-16(18-8)19-10(24)7-27-14-11-13(20-12(21-14)9-4-5-9)22(2)17(26)23(3)15(11)25/h6,9H,4-5,7H2,1-3H3,(H,18,19,24). The summed E-state index contributed by atoms with van der Waals surface area (Å²) in [6.07, 6.45) is 1.97. The van der Waals surface area contributed by atoms with Gasteiger partial charge in [-0.15, -0.1) is 11.3 Å². The molecule has 146 valence electrons. The maximum absolute atomic E-state index is 12.7. The molecule has 0 bridgehead atoms. The van der Waals surface area contributed by atoms with Crippen LogP contribution in [0.1, 0.15) is 30.3 Å². The van der Waals surface area contributed by atoms with E-state index >= 15 is 0 Å². The molecule has 1 amide bonds. The molecule has 1 fully saturated rings. The molecule has 1 aliphatic carbocycles. The minimum atomic E-state index is -0.459. The summed E-state index contributed by atoms with van der Waals surface area (Å²) < 4.78 is 2.39. The number of thioether (sulfide) groups is 1. The number of aryl methyl sites for hydroxylation is 2. The first-order valence-electron chi connectivity index (χ1n) is 8.67. The Morgan fingerprint density at radius 2 is 2.00 bits per heavy atom. The molecule has 1 saturated carbocycles. The first-order valence-corrected chi connectivity index (χ1v) is 10.5. The maximum Gasteiger partial charge on any atom is 0.332 e. The lowest BCUT2D eigenvalue weighted by atomic mass is 10.3. The van der Waals surface area contributed by atoms with E-state index in [0.29, 0.717) is 21.6 Å². The number of amides is 1. The lowest BCUT2D eigenvalue weighted by molar-refractivity contribution is -0.113. The van der Waals surface area contributed by atoms with Crippen molar-refractivity contribution in [2.45, 2.75) is 30.7 Å². The van der Waals surface area contributed by atoms with Crippen LogP contribution in [0.25, 0.3) is 11.0 Å². The van der Waals surface area contributed by atoms with Crippen LogP contribution in [0.2, 0.25) is 0 Å². The number of nitrogens with one attached hydrogen (secondary N) is 1. The van der Waals surface area contributed by atoms with Crippen LogP contribution in [-0.4, -0.2) is 35.7 Å². The lowest BCUT2D eigenvalue weighted by Gasteiger charge is -2.11. The van der Waals surface area contributed by atoms with E-state index in [2.05, 4.69) is 20.3 Å². The minimum absolute atomic E-state index is 0.0703. The van der Waals surface area contributed by atoms with E-state index < -0.39 is 11.2 Å². The number of rotatable bonds is 5. The normalized spacial score (nSPS) is 13.8. The Morgan fingerprint density at radius 3 is 2.64 bits per heavy atom. The number of thiazole rings is 1. The Bertz CT molecular complexity index is 1210. The predicted octanol–water partition coefficient (Wildman–Crippen LogP) is 1.40. The van der Waals surface area contributed by atoms with Gasteiger partial charge in [0.1, 0.15) is 16.2 Å². The number of hydrogen-bond acceptors (Lipinski definition) is 8. The van der Waals surface area contributed by atoms with Crippen molar-refractivity contribution in [3.8, 4) is 0 Å². The third-order valence-corrected chi connectivity index (χ3v) is 6.28. The second-order valence-corrected chi connectivity index (χ2v) is 8.52. The Hall–Kier alpha value is -2.53. The summed E-state index contributed by atoms with van der Waals surface area (Å²) in [7, 11) is 3.00. The molecule has 0 atom stereocenters. The van der Waals surface area contributed by atoms with Crippen molar-refractivity contribution in [2.24, 2.45) is 14.1 Å². The van der Waals surface area contributed by atoms with Gasteiger partial charge in [0.05, 0.1) is 11.4 Å². The molecule has 28 heavy (non-hydrogen) atoms. The Kier molecular flexibility index (Phi) is 4.79. The zero-order valence-corrected chi connectivity index (χ0v) is 17.2. The molecule has 4 rings (SSSR count). The first kappa shape index (κ1) is 18.8. The van der Waals surface area contributed by atoms with Gasteiger partial charge in [-0.05, 0) is 19.8 Å². The summed E-state index contributed by atoms with van der Waals surface area (Å²) >= 11 is 2.52. The van der Waals surface area contributed by atoms with Gasteiger partial charge in [-0.2, -0.15) is 0 Å². The monoisotopic (exact) mass is 418 g/mol. The van der Waals surface area contributed by atoms with Gasteiger partial charge in [0, 0.05) is 25.4 Å². The van der Waals surface area contributed by atoms with Crippen molar-refractivity contribution >= 4 is 45.2 Å². The quantitative estimate of drug-likeness (QED) is 0.492. The molecule has 0 aromatic carbocycles. The number of nitrogens with zero attached hydrogens (tertiary/aromatic N) is 5. The molecular weight excluding hydrogens is 400 g/mol. The van der Waals surface area contributed by atoms with Crippen LogP contribution in [0.5, 0.6) is 0 Å². The van der Waals surface area contributed by atoms with Crippen LogP contribution in [0.4, 0.5) is 5.13 Å². The Balaban J connectivity index is 1.70. The average Bonchev–Trinajstić information content (AvgIpc) is 3.45. The minimum Gasteiger partial charge on any atom is -0.301 e. The van der Waals surface area contributed by atoms with Gasteiger partial charge >= 0.3 is 5.69 Å². The number of carbonyl (C=O) groups is 1. The van der Waals surface area contributed by atoms with E-state index in [1.54, 1.807) is 7.05 Å². The molecular formula is C17H18N6O3S2. The Morgan fingerprint density at radius 1 is 1.25 bits per heavy atom. The summed E-state index contributed by atoms with van der Waals surface area (Å²) in [6, 6.07) is 0. The van der Waals surface area contributed by atoms with Crippen LogP contribution in [-0.2, 0) is 18.9 Å². The maximum atomic E-state index is 12.7. The number of aromatic nitrogens is 5. The fourth-order valence-corrected chi connectivity index (χ4v) is 4.30. The van der Waals surface area contributed by atoms with Crippen LogP contribution < -0.4 is 16.6 Å². The number of fused-ring (bicyclic) bond motifs is 1. The number of anilines is 1. The average molecular weight is 419 g/mol. The van der Waals surface area contributed by atoms with Gasteiger partial charge in [0.15, 0.2) is 10.8 Å². The lowest BCUT2D eigenvalue weighted by Crippen LogP contribution is -2.37. The highest BCUT2D eigenvalue weighted by molar-refractivity contribution is 8.00. The van der Waals surface area contributed by atoms with E-state index in [0.717, 1.165) is 23.1 Å². The molecule has 0 aliphatic heterocycles. The fourth-order valence-electron chi connectivity index (χ4n) is 2.77. The molecule has 1 N–H and O–H groups in total. The molecule has 9 nitrogen and oxygen atoms in total. The molecule has 3 aromatic rings. The molecule has 0 unspecified atom stereocenters. The van der Waals surface area contributed by atoms with Crippen LogP contribution in [0.3, 0.4) is 0 Å². The fraction of sp³-hybridized carbons (Fsp3) is 0.412. The van der Waals surface area contributed by atoms with Crippen molar-refractivity contribution in [1.29, 1.82) is 0 Å². The van der Waals surface area contributed by atoms with Crippen molar-refractivity contribution < 1.29 is 4.79 Å². The van der Waals surface area contributed by atoms with Gasteiger partial charge in [-0.3, -0.25) is 18.7 Å². The summed E-state index contributed by atoms with van der Waals surface area (Å²) in [6.45, 7) is 1.85. The predicted molar refractivity (Wildman–Crippen MR) is 108 cm³/mol. The molecule has 3 aromatic heterocycles. The first-order chi connectivity index (χ1) is 13.3. The molecule has 11 heteroatoms. The third-order valence-electron chi connectivity index (χ3n) is 4.43. The highest BCUT2D eigenvalue weighted by Crippen LogP contribution is 2.39. The van der Waals surface area contributed by atoms with E-state index in [-0.39, 0.29) is 23.0 Å². The van der Waals surface area contributed by atoms with E-state index in [9.17, 15) is 14.4 Å². The Labute approximate surface area is 167 Å². The van der Waals surface area contributed by atoms with Crippen LogP contribution in [0.15, 0.2) is 20.0 Å². The van der Waals surface area contributed by atoms with Gasteiger partial charge in [0.25, 0.3) is 5.56 Å². The van der Waals surface area contributed by atoms with Crippen LogP contribution >= 0.6 is 23.1 Å². The van der Waals surface area contributed by atoms with E-state index in [1.807, 2.05) is 12.3 Å². The van der Waals surface area contributed by atoms with Gasteiger partial charge in [-0.1, -0.05) is 11.8 Å². The zero-order chi connectivity index (χ0) is 20.0. The topological polar surface area (TPSA) is 112 Å². The largest absolute Gasteiger partial charge is 0.332 e. The molecule has 1 aliphatic rings. The number of hydrogen-bond donors (Lipinski definition) is 1. The number of carbonyl (C=O) groups excluding carboxylic acids is 1. The van der Waals surface area contributed by atoms with Crippen molar-refractivity contribution in [1.82, 2.24) is 24.1 Å². The van der Waals surface area contributed by atoms with Crippen molar-refractivity contribution in [2.75, 3.05) is 11.1 Å². The SMILES string of the molecule is Cc1csc(NC(=O)CSc2nc(C3CC3)nc3c2c(=O)n(C)c(=O)n3C)n1. The van der Waals surface area contributed by atoms with Gasteiger partial charge < -0.3 is 5.32 Å². The summed E-state index contributed by atoms with van der Waals surface area (Å²) in [5.41, 5.74) is 0.251. The summed E-state index contributed by atoms with van der Waals surface area (Å²) in [5, 5.41) is 5.82. The summed E-state index contributed by atoms with van der Waals surface area (Å²) in [5.74, 6) is 0.700. The van der Waals surface area contributed by atoms with Gasteiger partial charge in [0.2, 0.25) is 5.91 Å². The zero-order valence-electron chi connectivity index (χ0n) is 15.6. The van der Waals surface area contributed by atoms with Gasteiger partial charge in [-0.25, -0.2) is 19.7 Å². The smallest absolute Gasteiger partial charge is 0.301 e. The molecule has 3 heterocycles. The molecule has 0 saturated heterocycles. The van der Waals surface area contributed by atoms with Crippen molar-refractivity contribution in [3.63, 3.8) is 0 Å². The van der Waals surface area contributed by atoms with Crippen molar-refractivity contribution in [3.05, 3.63) is 37.7 Å². The second-order valence-electron chi connectivity index (χ2n) is 6.70. The third kappa shape index (κ3) is 3.47. The van der Waals surface area contributed by atoms with E-state index in [4.69, 9.17) is 0 Å². The van der Waals surface area contributed by atoms with E-state index in [1.165, 1.54) is 34.7 Å². The second kappa shape index (κ2) is 7.13. The summed E-state index contributed by atoms with van der Waals surface area (Å²) in [4.78, 5) is 50.5. The molecule has 0 spiro atoms. The highest BCUT2D eigenvalue weighted by atomic mass is 32.2.